The van der Waals surface area contributed by atoms with Crippen molar-refractivity contribution in [2.75, 3.05) is 6.54 Å². The zero-order chi connectivity index (χ0) is 12.3. The summed E-state index contributed by atoms with van der Waals surface area (Å²) in [6, 6.07) is 0.259. The van der Waals surface area contributed by atoms with Gasteiger partial charge in [0, 0.05) is 18.4 Å². The number of carbonyl (C=O) groups excluding carboxylic acids is 1. The molecule has 17 heavy (non-hydrogen) atoms. The molecule has 1 aromatic rings. The van der Waals surface area contributed by atoms with Gasteiger partial charge in [0.25, 0.3) is 0 Å². The topological polar surface area (TPSA) is 69.8 Å². The molecule has 3 atom stereocenters. The maximum atomic E-state index is 12.1. The van der Waals surface area contributed by atoms with Crippen molar-refractivity contribution in [3.05, 3.63) is 18.2 Å². The molecule has 1 aromatic heterocycles. The van der Waals surface area contributed by atoms with Crippen LogP contribution in [0.4, 0.5) is 0 Å². The fourth-order valence-corrected chi connectivity index (χ4v) is 2.33. The van der Waals surface area contributed by atoms with E-state index in [9.17, 15) is 4.79 Å². The molecule has 3 unspecified atom stereocenters. The first-order chi connectivity index (χ1) is 8.22. The molecule has 3 N–H and O–H groups in total. The van der Waals surface area contributed by atoms with E-state index in [1.165, 1.54) is 0 Å². The van der Waals surface area contributed by atoms with E-state index in [2.05, 4.69) is 27.5 Å². The maximum absolute atomic E-state index is 12.1. The Kier molecular flexibility index (Phi) is 3.78. The first-order valence-electron chi connectivity index (χ1n) is 6.25. The molecule has 2 heterocycles. The minimum Gasteiger partial charge on any atom is -0.347 e. The molecule has 0 bridgehead atoms. The molecule has 1 saturated heterocycles. The third-order valence-electron chi connectivity index (χ3n) is 3.44. The van der Waals surface area contributed by atoms with Crippen LogP contribution < -0.4 is 10.6 Å². The number of H-pyrrole nitrogens is 1. The van der Waals surface area contributed by atoms with Gasteiger partial charge in [-0.05, 0) is 26.3 Å². The van der Waals surface area contributed by atoms with Crippen molar-refractivity contribution in [3.63, 3.8) is 0 Å². The Morgan fingerprint density at radius 1 is 1.71 bits per heavy atom. The van der Waals surface area contributed by atoms with Crippen LogP contribution in [0.25, 0.3) is 0 Å². The van der Waals surface area contributed by atoms with E-state index >= 15 is 0 Å². The SMILES string of the molecule is CCC(NC(=O)C1CCNC1C)c1ncc[nH]1. The summed E-state index contributed by atoms with van der Waals surface area (Å²) in [5.41, 5.74) is 0. The minimum absolute atomic E-state index is 0.00898. The first-order valence-corrected chi connectivity index (χ1v) is 6.25. The second kappa shape index (κ2) is 5.31. The zero-order valence-corrected chi connectivity index (χ0v) is 10.4. The molecule has 0 saturated carbocycles. The molecule has 0 spiro atoms. The van der Waals surface area contributed by atoms with Gasteiger partial charge in [-0.2, -0.15) is 0 Å². The number of aromatic nitrogens is 2. The Morgan fingerprint density at radius 3 is 3.06 bits per heavy atom. The van der Waals surface area contributed by atoms with Crippen LogP contribution >= 0.6 is 0 Å². The number of amides is 1. The second-order valence-corrected chi connectivity index (χ2v) is 4.58. The van der Waals surface area contributed by atoms with Crippen molar-refractivity contribution >= 4 is 5.91 Å². The summed E-state index contributed by atoms with van der Waals surface area (Å²) in [6.07, 6.45) is 5.25. The summed E-state index contributed by atoms with van der Waals surface area (Å²) >= 11 is 0. The molecular formula is C12H20N4O. The van der Waals surface area contributed by atoms with Crippen molar-refractivity contribution in [1.82, 2.24) is 20.6 Å². The van der Waals surface area contributed by atoms with E-state index in [0.29, 0.717) is 0 Å². The van der Waals surface area contributed by atoms with Crippen LogP contribution in [-0.4, -0.2) is 28.5 Å². The van der Waals surface area contributed by atoms with Crippen LogP contribution in [0.5, 0.6) is 0 Å². The smallest absolute Gasteiger partial charge is 0.225 e. The number of imidazole rings is 1. The highest BCUT2D eigenvalue weighted by molar-refractivity contribution is 5.80. The van der Waals surface area contributed by atoms with E-state index in [1.54, 1.807) is 12.4 Å². The highest BCUT2D eigenvalue weighted by Crippen LogP contribution is 2.18. The molecule has 5 heteroatoms. The van der Waals surface area contributed by atoms with E-state index in [4.69, 9.17) is 0 Å². The van der Waals surface area contributed by atoms with E-state index in [-0.39, 0.29) is 23.9 Å². The predicted octanol–water partition coefficient (Wildman–Crippen LogP) is 0.975. The number of rotatable bonds is 4. The number of hydrogen-bond acceptors (Lipinski definition) is 3. The Bertz CT molecular complexity index is 363. The van der Waals surface area contributed by atoms with Gasteiger partial charge in [0.2, 0.25) is 5.91 Å². The van der Waals surface area contributed by atoms with Gasteiger partial charge in [-0.1, -0.05) is 6.92 Å². The van der Waals surface area contributed by atoms with E-state index < -0.39 is 0 Å². The molecule has 2 rings (SSSR count). The number of aromatic amines is 1. The molecule has 1 aliphatic heterocycles. The normalized spacial score (nSPS) is 25.8. The molecular weight excluding hydrogens is 216 g/mol. The van der Waals surface area contributed by atoms with Gasteiger partial charge in [-0.3, -0.25) is 4.79 Å². The van der Waals surface area contributed by atoms with E-state index in [1.807, 2.05) is 6.92 Å². The Balaban J connectivity index is 1.97. The molecule has 0 aromatic carbocycles. The average Bonchev–Trinajstić information content (AvgIpc) is 2.96. The lowest BCUT2D eigenvalue weighted by atomic mass is 10.0. The summed E-state index contributed by atoms with van der Waals surface area (Å²) < 4.78 is 0. The van der Waals surface area contributed by atoms with Gasteiger partial charge in [0.15, 0.2) is 0 Å². The molecule has 1 fully saturated rings. The molecule has 0 aliphatic carbocycles. The van der Waals surface area contributed by atoms with Gasteiger partial charge in [0.1, 0.15) is 5.82 Å². The van der Waals surface area contributed by atoms with Crippen LogP contribution in [0.3, 0.4) is 0 Å². The Morgan fingerprint density at radius 2 is 2.53 bits per heavy atom. The van der Waals surface area contributed by atoms with Crippen molar-refractivity contribution < 1.29 is 4.79 Å². The van der Waals surface area contributed by atoms with Gasteiger partial charge in [0.05, 0.1) is 12.0 Å². The predicted molar refractivity (Wildman–Crippen MR) is 65.3 cm³/mol. The van der Waals surface area contributed by atoms with Gasteiger partial charge < -0.3 is 15.6 Å². The summed E-state index contributed by atoms with van der Waals surface area (Å²) in [7, 11) is 0. The average molecular weight is 236 g/mol. The summed E-state index contributed by atoms with van der Waals surface area (Å²) in [4.78, 5) is 19.4. The van der Waals surface area contributed by atoms with Crippen LogP contribution in [0.2, 0.25) is 0 Å². The standard InChI is InChI=1S/C12H20N4O/c1-3-10(11-14-6-7-15-11)16-12(17)9-4-5-13-8(9)2/h6-10,13H,3-5H2,1-2H3,(H,14,15)(H,16,17). The molecule has 1 aliphatic rings. The molecule has 94 valence electrons. The minimum atomic E-state index is -0.00898. The van der Waals surface area contributed by atoms with Crippen LogP contribution in [-0.2, 0) is 4.79 Å². The fraction of sp³-hybridized carbons (Fsp3) is 0.667. The largest absolute Gasteiger partial charge is 0.347 e. The molecule has 1 amide bonds. The van der Waals surface area contributed by atoms with Crippen molar-refractivity contribution in [3.8, 4) is 0 Å². The van der Waals surface area contributed by atoms with Gasteiger partial charge >= 0.3 is 0 Å². The Hall–Kier alpha value is -1.36. The van der Waals surface area contributed by atoms with Crippen molar-refractivity contribution in [2.45, 2.75) is 38.8 Å². The number of hydrogen-bond donors (Lipinski definition) is 3. The second-order valence-electron chi connectivity index (χ2n) is 4.58. The van der Waals surface area contributed by atoms with Crippen LogP contribution in [0.1, 0.15) is 38.6 Å². The first kappa shape index (κ1) is 12.1. The summed E-state index contributed by atoms with van der Waals surface area (Å²) in [5, 5.41) is 6.36. The van der Waals surface area contributed by atoms with Gasteiger partial charge in [-0.25, -0.2) is 4.98 Å². The quantitative estimate of drug-likeness (QED) is 0.729. The zero-order valence-electron chi connectivity index (χ0n) is 10.4. The van der Waals surface area contributed by atoms with Gasteiger partial charge in [-0.15, -0.1) is 0 Å². The molecule has 5 nitrogen and oxygen atoms in total. The third-order valence-corrected chi connectivity index (χ3v) is 3.44. The fourth-order valence-electron chi connectivity index (χ4n) is 2.33. The number of nitrogens with one attached hydrogen (secondary N) is 3. The van der Waals surface area contributed by atoms with Crippen molar-refractivity contribution in [1.29, 1.82) is 0 Å². The van der Waals surface area contributed by atoms with Crippen molar-refractivity contribution in [2.24, 2.45) is 5.92 Å². The number of nitrogens with zero attached hydrogens (tertiary/aromatic N) is 1. The lowest BCUT2D eigenvalue weighted by Crippen LogP contribution is -2.38. The summed E-state index contributed by atoms with van der Waals surface area (Å²) in [6.45, 7) is 5.03. The van der Waals surface area contributed by atoms with Crippen LogP contribution in [0, 0.1) is 5.92 Å². The highest BCUT2D eigenvalue weighted by Gasteiger charge is 2.30. The summed E-state index contributed by atoms with van der Waals surface area (Å²) in [5.74, 6) is 1.05. The third kappa shape index (κ3) is 2.66. The lowest BCUT2D eigenvalue weighted by Gasteiger charge is -2.19. The number of carbonyl (C=O) groups is 1. The highest BCUT2D eigenvalue weighted by atomic mass is 16.2. The van der Waals surface area contributed by atoms with Crippen LogP contribution in [0.15, 0.2) is 12.4 Å². The maximum Gasteiger partial charge on any atom is 0.225 e. The monoisotopic (exact) mass is 236 g/mol. The Labute approximate surface area is 101 Å². The lowest BCUT2D eigenvalue weighted by molar-refractivity contribution is -0.126. The molecule has 0 radical (unpaired) electrons. The van der Waals surface area contributed by atoms with E-state index in [0.717, 1.165) is 25.2 Å².